The van der Waals surface area contributed by atoms with Crippen molar-refractivity contribution in [2.75, 3.05) is 5.43 Å². The number of carbonyl (C=O) groups excluding carboxylic acids is 1. The van der Waals surface area contributed by atoms with Crippen LogP contribution >= 0.6 is 11.3 Å². The fourth-order valence-corrected chi connectivity index (χ4v) is 3.51. The highest BCUT2D eigenvalue weighted by molar-refractivity contribution is 7.14. The maximum atomic E-state index is 13.7. The molecule has 33 heavy (non-hydrogen) atoms. The number of nitrogens with zero attached hydrogens (tertiary/aromatic N) is 3. The SMILES string of the molecule is O=C(Oc1cccc(/C=N\Nc2nc(-c3cccc([N+](=O)[O-])c3)cs2)c1)c1ccccc1F. The number of nitro groups is 1. The topological polar surface area (TPSA) is 107 Å². The highest BCUT2D eigenvalue weighted by atomic mass is 32.1. The van der Waals surface area contributed by atoms with Gasteiger partial charge in [-0.1, -0.05) is 36.4 Å². The van der Waals surface area contributed by atoms with Crippen molar-refractivity contribution in [1.29, 1.82) is 0 Å². The van der Waals surface area contributed by atoms with E-state index in [0.717, 1.165) is 0 Å². The molecule has 0 saturated carbocycles. The van der Waals surface area contributed by atoms with Gasteiger partial charge in [0.1, 0.15) is 11.6 Å². The van der Waals surface area contributed by atoms with Crippen molar-refractivity contribution >= 4 is 34.3 Å². The van der Waals surface area contributed by atoms with Crippen LogP contribution < -0.4 is 10.2 Å². The molecular formula is C23H15FN4O4S. The van der Waals surface area contributed by atoms with Crippen LogP contribution in [0.3, 0.4) is 0 Å². The molecule has 8 nitrogen and oxygen atoms in total. The van der Waals surface area contributed by atoms with Crippen LogP contribution in [-0.2, 0) is 0 Å². The number of ether oxygens (including phenoxy) is 1. The summed E-state index contributed by atoms with van der Waals surface area (Å²) in [4.78, 5) is 27.0. The zero-order chi connectivity index (χ0) is 23.2. The molecule has 0 bridgehead atoms. The number of hydrogen-bond donors (Lipinski definition) is 1. The van der Waals surface area contributed by atoms with Gasteiger partial charge < -0.3 is 4.74 Å². The molecule has 0 aliphatic heterocycles. The minimum absolute atomic E-state index is 0.0105. The van der Waals surface area contributed by atoms with Crippen LogP contribution in [0.15, 0.2) is 83.3 Å². The Morgan fingerprint density at radius 3 is 2.76 bits per heavy atom. The van der Waals surface area contributed by atoms with E-state index >= 15 is 0 Å². The molecule has 4 aromatic rings. The van der Waals surface area contributed by atoms with Gasteiger partial charge in [-0.2, -0.15) is 5.10 Å². The number of carbonyl (C=O) groups is 1. The van der Waals surface area contributed by atoms with Crippen LogP contribution in [0.5, 0.6) is 5.75 Å². The molecule has 1 heterocycles. The Bertz CT molecular complexity index is 1360. The van der Waals surface area contributed by atoms with Crippen LogP contribution in [0.4, 0.5) is 15.2 Å². The van der Waals surface area contributed by atoms with Gasteiger partial charge in [-0.05, 0) is 29.8 Å². The van der Waals surface area contributed by atoms with Crippen molar-refractivity contribution in [3.63, 3.8) is 0 Å². The number of non-ortho nitro benzene ring substituents is 1. The van der Waals surface area contributed by atoms with Gasteiger partial charge in [0.2, 0.25) is 5.13 Å². The van der Waals surface area contributed by atoms with E-state index in [1.807, 2.05) is 0 Å². The number of aromatic nitrogens is 1. The molecule has 3 aromatic carbocycles. The average Bonchev–Trinajstić information content (AvgIpc) is 3.29. The first-order valence-corrected chi connectivity index (χ1v) is 10.4. The first-order chi connectivity index (χ1) is 16.0. The van der Waals surface area contributed by atoms with E-state index < -0.39 is 16.7 Å². The van der Waals surface area contributed by atoms with Gasteiger partial charge in [0.05, 0.1) is 22.4 Å². The molecule has 0 radical (unpaired) electrons. The highest BCUT2D eigenvalue weighted by Gasteiger charge is 2.13. The zero-order valence-corrected chi connectivity index (χ0v) is 17.7. The van der Waals surface area contributed by atoms with Crippen LogP contribution in [-0.4, -0.2) is 22.1 Å². The zero-order valence-electron chi connectivity index (χ0n) is 16.8. The van der Waals surface area contributed by atoms with Crippen LogP contribution in [0, 0.1) is 15.9 Å². The lowest BCUT2D eigenvalue weighted by Gasteiger charge is -2.05. The maximum Gasteiger partial charge on any atom is 0.346 e. The molecule has 0 aliphatic rings. The molecule has 0 spiro atoms. The molecule has 0 atom stereocenters. The third-order valence-electron chi connectivity index (χ3n) is 4.39. The first kappa shape index (κ1) is 21.8. The molecule has 0 aliphatic carbocycles. The van der Waals surface area contributed by atoms with Crippen molar-refractivity contribution in [1.82, 2.24) is 4.98 Å². The van der Waals surface area contributed by atoms with E-state index in [-0.39, 0.29) is 17.0 Å². The molecule has 1 N–H and O–H groups in total. The Morgan fingerprint density at radius 1 is 1.12 bits per heavy atom. The summed E-state index contributed by atoms with van der Waals surface area (Å²) >= 11 is 1.29. The third kappa shape index (κ3) is 5.43. The summed E-state index contributed by atoms with van der Waals surface area (Å²) in [5.74, 6) is -1.21. The Labute approximate surface area is 191 Å². The van der Waals surface area contributed by atoms with Gasteiger partial charge in [-0.25, -0.2) is 14.2 Å². The lowest BCUT2D eigenvalue weighted by atomic mass is 10.1. The van der Waals surface area contributed by atoms with E-state index in [1.165, 1.54) is 47.9 Å². The number of nitro benzene ring substituents is 1. The Hall–Kier alpha value is -4.44. The summed E-state index contributed by atoms with van der Waals surface area (Å²) in [6, 6.07) is 18.4. The maximum absolute atomic E-state index is 13.7. The van der Waals surface area contributed by atoms with Crippen molar-refractivity contribution < 1.29 is 18.8 Å². The summed E-state index contributed by atoms with van der Waals surface area (Å²) in [6.07, 6.45) is 1.51. The number of halogens is 1. The number of rotatable bonds is 7. The minimum atomic E-state index is -0.795. The van der Waals surface area contributed by atoms with Crippen molar-refractivity contribution in [3.05, 3.63) is 105 Å². The van der Waals surface area contributed by atoms with Crippen molar-refractivity contribution in [2.24, 2.45) is 5.10 Å². The number of thiazole rings is 1. The van der Waals surface area contributed by atoms with Crippen LogP contribution in [0.2, 0.25) is 0 Å². The third-order valence-corrected chi connectivity index (χ3v) is 5.14. The summed E-state index contributed by atoms with van der Waals surface area (Å²) in [6.45, 7) is 0. The number of hydrazone groups is 1. The molecule has 0 unspecified atom stereocenters. The predicted molar refractivity (Wildman–Crippen MR) is 123 cm³/mol. The van der Waals surface area contributed by atoms with Crippen LogP contribution in [0.1, 0.15) is 15.9 Å². The van der Waals surface area contributed by atoms with Crippen molar-refractivity contribution in [3.8, 4) is 17.0 Å². The lowest BCUT2D eigenvalue weighted by Crippen LogP contribution is -2.10. The predicted octanol–water partition coefficient (Wildman–Crippen LogP) is 5.52. The first-order valence-electron chi connectivity index (χ1n) is 9.56. The standard InChI is InChI=1S/C23H15FN4O4S/c24-20-10-2-1-9-19(20)22(29)32-18-8-3-5-15(11-18)13-25-27-23-26-21(14-33-23)16-6-4-7-17(12-16)28(30)31/h1-14H,(H,26,27)/b25-13-. The molecule has 0 saturated heterocycles. The fourth-order valence-electron chi connectivity index (χ4n) is 2.85. The summed E-state index contributed by atoms with van der Waals surface area (Å²) in [5, 5.41) is 17.3. The second-order valence-electron chi connectivity index (χ2n) is 6.66. The Kier molecular flexibility index (Phi) is 6.46. The molecule has 10 heteroatoms. The number of hydrogen-bond acceptors (Lipinski definition) is 8. The minimum Gasteiger partial charge on any atom is -0.423 e. The van der Waals surface area contributed by atoms with Gasteiger partial charge in [0, 0.05) is 23.1 Å². The number of benzene rings is 3. The van der Waals surface area contributed by atoms with Gasteiger partial charge in [-0.3, -0.25) is 15.5 Å². The molecule has 0 fully saturated rings. The second kappa shape index (κ2) is 9.79. The molecule has 1 aromatic heterocycles. The van der Waals surface area contributed by atoms with Gasteiger partial charge in [0.15, 0.2) is 0 Å². The Morgan fingerprint density at radius 2 is 1.94 bits per heavy atom. The quantitative estimate of drug-likeness (QED) is 0.127. The Balaban J connectivity index is 1.40. The van der Waals surface area contributed by atoms with E-state index in [4.69, 9.17) is 4.74 Å². The lowest BCUT2D eigenvalue weighted by molar-refractivity contribution is -0.384. The number of esters is 1. The van der Waals surface area contributed by atoms with Crippen LogP contribution in [0.25, 0.3) is 11.3 Å². The van der Waals surface area contributed by atoms with Gasteiger partial charge >= 0.3 is 5.97 Å². The van der Waals surface area contributed by atoms with Crippen molar-refractivity contribution in [2.45, 2.75) is 0 Å². The smallest absolute Gasteiger partial charge is 0.346 e. The van der Waals surface area contributed by atoms with E-state index in [2.05, 4.69) is 15.5 Å². The summed E-state index contributed by atoms with van der Waals surface area (Å²) in [7, 11) is 0. The largest absolute Gasteiger partial charge is 0.423 e. The van der Waals surface area contributed by atoms with E-state index in [0.29, 0.717) is 22.0 Å². The summed E-state index contributed by atoms with van der Waals surface area (Å²) in [5.41, 5.74) is 4.49. The van der Waals surface area contributed by atoms with E-state index in [1.54, 1.807) is 47.8 Å². The molecule has 4 rings (SSSR count). The molecular weight excluding hydrogens is 447 g/mol. The normalized spacial score (nSPS) is 10.8. The van der Waals surface area contributed by atoms with Gasteiger partial charge in [-0.15, -0.1) is 11.3 Å². The fraction of sp³-hybridized carbons (Fsp3) is 0. The molecule has 164 valence electrons. The number of nitrogens with one attached hydrogen (secondary N) is 1. The number of anilines is 1. The van der Waals surface area contributed by atoms with Gasteiger partial charge in [0.25, 0.3) is 5.69 Å². The monoisotopic (exact) mass is 462 g/mol. The van der Waals surface area contributed by atoms with E-state index in [9.17, 15) is 19.3 Å². The summed E-state index contributed by atoms with van der Waals surface area (Å²) < 4.78 is 19.0. The highest BCUT2D eigenvalue weighted by Crippen LogP contribution is 2.27. The average molecular weight is 462 g/mol. The second-order valence-corrected chi connectivity index (χ2v) is 7.52. The molecule has 0 amide bonds.